The summed E-state index contributed by atoms with van der Waals surface area (Å²) in [6, 6.07) is 6.67. The zero-order chi connectivity index (χ0) is 20.4. The van der Waals surface area contributed by atoms with Gasteiger partial charge < -0.3 is 15.0 Å². The first-order valence-electron chi connectivity index (χ1n) is 8.50. The number of rotatable bonds is 6. The van der Waals surface area contributed by atoms with E-state index in [1.807, 2.05) is 0 Å². The number of aryl methyl sites for hydroxylation is 2. The van der Waals surface area contributed by atoms with Crippen molar-refractivity contribution in [3.8, 4) is 0 Å². The number of nitrogens with one attached hydrogen (secondary N) is 1. The summed E-state index contributed by atoms with van der Waals surface area (Å²) < 4.78 is 3.79. The summed E-state index contributed by atoms with van der Waals surface area (Å²) in [7, 11) is 2.90. The molecule has 0 radical (unpaired) electrons. The van der Waals surface area contributed by atoms with Crippen molar-refractivity contribution in [2.24, 2.45) is 14.1 Å². The highest BCUT2D eigenvalue weighted by molar-refractivity contribution is 5.92. The smallest absolute Gasteiger partial charge is 0.332 e. The third-order valence-electron chi connectivity index (χ3n) is 4.43. The molecule has 2 heterocycles. The normalized spacial score (nSPS) is 10.9. The number of aliphatic carboxylic acids is 1. The molecule has 0 aliphatic heterocycles. The Hall–Kier alpha value is -3.69. The molecule has 3 aromatic rings. The summed E-state index contributed by atoms with van der Waals surface area (Å²) in [5, 5.41) is 11.7. The maximum atomic E-state index is 12.4. The second kappa shape index (κ2) is 7.51. The molecule has 3 rings (SSSR count). The van der Waals surface area contributed by atoms with Gasteiger partial charge in [0.05, 0.1) is 12.7 Å². The molecule has 0 atom stereocenters. The van der Waals surface area contributed by atoms with Gasteiger partial charge in [0, 0.05) is 32.7 Å². The van der Waals surface area contributed by atoms with E-state index in [2.05, 4.69) is 10.3 Å². The Labute approximate surface area is 158 Å². The molecule has 2 N–H and O–H groups in total. The lowest BCUT2D eigenvalue weighted by atomic mass is 10.1. The van der Waals surface area contributed by atoms with Gasteiger partial charge in [0.1, 0.15) is 0 Å². The molecule has 1 amide bonds. The van der Waals surface area contributed by atoms with Crippen LogP contribution in [0, 0.1) is 0 Å². The van der Waals surface area contributed by atoms with Gasteiger partial charge in [-0.2, -0.15) is 0 Å². The van der Waals surface area contributed by atoms with Gasteiger partial charge in [-0.15, -0.1) is 0 Å². The Morgan fingerprint density at radius 2 is 1.86 bits per heavy atom. The predicted octanol–water partition coefficient (Wildman–Crippen LogP) is 0.0896. The van der Waals surface area contributed by atoms with Gasteiger partial charge in [-0.3, -0.25) is 23.5 Å². The van der Waals surface area contributed by atoms with Crippen LogP contribution in [0.25, 0.3) is 11.2 Å². The van der Waals surface area contributed by atoms with E-state index in [9.17, 15) is 19.2 Å². The number of para-hydroxylation sites is 1. The first kappa shape index (κ1) is 19.1. The summed E-state index contributed by atoms with van der Waals surface area (Å²) >= 11 is 0. The fourth-order valence-electron chi connectivity index (χ4n) is 2.96. The second-order valence-corrected chi connectivity index (χ2v) is 6.34. The molecule has 0 saturated heterocycles. The van der Waals surface area contributed by atoms with Crippen molar-refractivity contribution >= 4 is 28.7 Å². The van der Waals surface area contributed by atoms with Gasteiger partial charge >= 0.3 is 11.7 Å². The summed E-state index contributed by atoms with van der Waals surface area (Å²) in [5.41, 5.74) is 0.464. The molecule has 10 heteroatoms. The summed E-state index contributed by atoms with van der Waals surface area (Å²) in [5.74, 6) is -1.32. The van der Waals surface area contributed by atoms with Gasteiger partial charge in [-0.1, -0.05) is 18.2 Å². The lowest BCUT2D eigenvalue weighted by Crippen LogP contribution is -2.37. The largest absolute Gasteiger partial charge is 0.481 e. The van der Waals surface area contributed by atoms with Crippen LogP contribution in [0.3, 0.4) is 0 Å². The van der Waals surface area contributed by atoms with Gasteiger partial charge in [0.15, 0.2) is 11.2 Å². The van der Waals surface area contributed by atoms with E-state index in [-0.39, 0.29) is 36.5 Å². The van der Waals surface area contributed by atoms with Crippen molar-refractivity contribution < 1.29 is 14.7 Å². The summed E-state index contributed by atoms with van der Waals surface area (Å²) in [6.07, 6.45) is 1.25. The van der Waals surface area contributed by atoms with E-state index >= 15 is 0 Å². The maximum Gasteiger partial charge on any atom is 0.332 e. The number of hydrogen-bond donors (Lipinski definition) is 2. The van der Waals surface area contributed by atoms with Crippen LogP contribution in [0.15, 0.2) is 40.2 Å². The SMILES string of the molecule is Cn1c(=O)c2c(ncn2CCC(=O)Nc2ccccc2CC(=O)O)n(C)c1=O. The van der Waals surface area contributed by atoms with Crippen LogP contribution in [-0.4, -0.2) is 35.7 Å². The molecule has 28 heavy (non-hydrogen) atoms. The van der Waals surface area contributed by atoms with Crippen molar-refractivity contribution in [3.05, 3.63) is 57.0 Å². The predicted molar refractivity (Wildman–Crippen MR) is 101 cm³/mol. The van der Waals surface area contributed by atoms with Crippen LogP contribution in [0.4, 0.5) is 5.69 Å². The van der Waals surface area contributed by atoms with Crippen LogP contribution in [0.5, 0.6) is 0 Å². The number of anilines is 1. The van der Waals surface area contributed by atoms with Crippen molar-refractivity contribution in [1.29, 1.82) is 0 Å². The Bertz CT molecular complexity index is 1190. The molecule has 146 valence electrons. The van der Waals surface area contributed by atoms with Crippen molar-refractivity contribution in [2.75, 3.05) is 5.32 Å². The number of carboxylic acid groups (broad SMARTS) is 1. The van der Waals surface area contributed by atoms with Gasteiger partial charge in [-0.25, -0.2) is 9.78 Å². The van der Waals surface area contributed by atoms with Crippen molar-refractivity contribution in [2.45, 2.75) is 19.4 Å². The lowest BCUT2D eigenvalue weighted by molar-refractivity contribution is -0.136. The quantitative estimate of drug-likeness (QED) is 0.619. The summed E-state index contributed by atoms with van der Waals surface area (Å²) in [6.45, 7) is 0.177. The fraction of sp³-hybridized carbons (Fsp3) is 0.278. The molecule has 0 aliphatic rings. The van der Waals surface area contributed by atoms with E-state index in [0.717, 1.165) is 4.57 Å². The van der Waals surface area contributed by atoms with Gasteiger partial charge in [0.2, 0.25) is 5.91 Å². The van der Waals surface area contributed by atoms with Gasteiger partial charge in [0.25, 0.3) is 5.56 Å². The number of fused-ring (bicyclic) bond motifs is 1. The molecular formula is C18H19N5O5. The van der Waals surface area contributed by atoms with Crippen molar-refractivity contribution in [1.82, 2.24) is 18.7 Å². The van der Waals surface area contributed by atoms with E-state index in [1.54, 1.807) is 24.3 Å². The van der Waals surface area contributed by atoms with Crippen molar-refractivity contribution in [3.63, 3.8) is 0 Å². The Kier molecular flexibility index (Phi) is 5.12. The molecular weight excluding hydrogens is 366 g/mol. The molecule has 0 saturated carbocycles. The molecule has 2 aromatic heterocycles. The van der Waals surface area contributed by atoms with Crippen LogP contribution < -0.4 is 16.6 Å². The third-order valence-corrected chi connectivity index (χ3v) is 4.43. The average Bonchev–Trinajstić information content (AvgIpc) is 3.08. The minimum Gasteiger partial charge on any atom is -0.481 e. The average molecular weight is 385 g/mol. The molecule has 0 aliphatic carbocycles. The second-order valence-electron chi connectivity index (χ2n) is 6.34. The number of nitrogens with zero attached hydrogens (tertiary/aromatic N) is 4. The molecule has 0 unspecified atom stereocenters. The zero-order valence-electron chi connectivity index (χ0n) is 15.4. The minimum absolute atomic E-state index is 0.0405. The van der Waals surface area contributed by atoms with Crippen LogP contribution in [-0.2, 0) is 36.6 Å². The number of benzene rings is 1. The van der Waals surface area contributed by atoms with E-state index in [4.69, 9.17) is 5.11 Å². The molecule has 1 aromatic carbocycles. The van der Waals surface area contributed by atoms with E-state index < -0.39 is 17.2 Å². The minimum atomic E-state index is -0.993. The Balaban J connectivity index is 1.79. The summed E-state index contributed by atoms with van der Waals surface area (Å²) in [4.78, 5) is 51.7. The van der Waals surface area contributed by atoms with Crippen LogP contribution >= 0.6 is 0 Å². The lowest BCUT2D eigenvalue weighted by Gasteiger charge is -2.10. The first-order chi connectivity index (χ1) is 13.3. The zero-order valence-corrected chi connectivity index (χ0v) is 15.4. The molecule has 0 spiro atoms. The molecule has 0 bridgehead atoms. The number of imidazole rings is 1. The Morgan fingerprint density at radius 1 is 1.14 bits per heavy atom. The Morgan fingerprint density at radius 3 is 2.57 bits per heavy atom. The topological polar surface area (TPSA) is 128 Å². The highest BCUT2D eigenvalue weighted by Crippen LogP contribution is 2.16. The van der Waals surface area contributed by atoms with Crippen LogP contribution in [0.1, 0.15) is 12.0 Å². The van der Waals surface area contributed by atoms with Gasteiger partial charge in [-0.05, 0) is 11.6 Å². The third kappa shape index (κ3) is 3.56. The number of carbonyl (C=O) groups excluding carboxylic acids is 1. The molecule has 10 nitrogen and oxygen atoms in total. The van der Waals surface area contributed by atoms with E-state index in [0.29, 0.717) is 11.3 Å². The number of carboxylic acids is 1. The fourth-order valence-corrected chi connectivity index (χ4v) is 2.96. The number of aromatic nitrogens is 4. The maximum absolute atomic E-state index is 12.4. The highest BCUT2D eigenvalue weighted by atomic mass is 16.4. The molecule has 0 fully saturated rings. The number of hydrogen-bond acceptors (Lipinski definition) is 5. The van der Waals surface area contributed by atoms with E-state index in [1.165, 1.54) is 29.6 Å². The number of carbonyl (C=O) groups is 2. The standard InChI is InChI=1S/C18H19N5O5/c1-21-16-15(17(27)22(2)18(21)28)23(10-19-16)8-7-13(24)20-12-6-4-3-5-11(12)9-14(25)26/h3-6,10H,7-9H2,1-2H3,(H,20,24)(H,25,26). The highest BCUT2D eigenvalue weighted by Gasteiger charge is 2.15. The monoisotopic (exact) mass is 385 g/mol. The van der Waals surface area contributed by atoms with Crippen LogP contribution in [0.2, 0.25) is 0 Å². The number of amides is 1. The first-order valence-corrected chi connectivity index (χ1v) is 8.50.